The van der Waals surface area contributed by atoms with Crippen molar-refractivity contribution in [2.45, 2.75) is 32.3 Å². The summed E-state index contributed by atoms with van der Waals surface area (Å²) in [6, 6.07) is 0. The number of fused-ring (bicyclic) bond motifs is 1. The first-order chi connectivity index (χ1) is 7.19. The number of halogens is 1. The van der Waals surface area contributed by atoms with E-state index in [4.69, 9.17) is 11.6 Å². The minimum atomic E-state index is -0.0309. The van der Waals surface area contributed by atoms with E-state index in [1.165, 1.54) is 19.5 Å². The smallest absolute Gasteiger partial charge is 0.0543 e. The summed E-state index contributed by atoms with van der Waals surface area (Å²) in [6.07, 6.45) is 3.23. The van der Waals surface area contributed by atoms with Crippen molar-refractivity contribution in [3.8, 4) is 0 Å². The van der Waals surface area contributed by atoms with Crippen LogP contribution in [-0.4, -0.2) is 41.6 Å². The van der Waals surface area contributed by atoms with E-state index in [1.807, 2.05) is 0 Å². The third-order valence-electron chi connectivity index (χ3n) is 3.93. The molecular formula is C12H22ClNO. The first kappa shape index (κ1) is 11.7. The van der Waals surface area contributed by atoms with E-state index in [9.17, 15) is 5.11 Å². The van der Waals surface area contributed by atoms with Crippen LogP contribution in [0.3, 0.4) is 0 Å². The number of alkyl halides is 1. The summed E-state index contributed by atoms with van der Waals surface area (Å²) in [5, 5.41) is 9.63. The summed E-state index contributed by atoms with van der Waals surface area (Å²) < 4.78 is 0. The fourth-order valence-electron chi connectivity index (χ4n) is 3.14. The molecule has 1 heterocycles. The molecule has 0 aromatic rings. The molecule has 2 rings (SSSR count). The molecule has 1 aliphatic heterocycles. The monoisotopic (exact) mass is 231 g/mol. The number of likely N-dealkylation sites (tertiary alicyclic amines) is 1. The molecule has 1 aliphatic carbocycles. The third-order valence-corrected chi connectivity index (χ3v) is 4.46. The van der Waals surface area contributed by atoms with Gasteiger partial charge in [0.25, 0.3) is 0 Å². The zero-order chi connectivity index (χ0) is 10.8. The maximum absolute atomic E-state index is 9.63. The Kier molecular flexibility index (Phi) is 3.92. The molecule has 0 aromatic heterocycles. The molecule has 0 aromatic carbocycles. The Morgan fingerprint density at radius 3 is 2.80 bits per heavy atom. The van der Waals surface area contributed by atoms with Gasteiger partial charge in [-0.15, -0.1) is 11.6 Å². The third kappa shape index (κ3) is 2.86. The Hall–Kier alpha value is 0.210. The highest BCUT2D eigenvalue weighted by Gasteiger charge is 2.37. The first-order valence-corrected chi connectivity index (χ1v) is 6.69. The zero-order valence-corrected chi connectivity index (χ0v) is 10.3. The van der Waals surface area contributed by atoms with Crippen molar-refractivity contribution in [3.63, 3.8) is 0 Å². The highest BCUT2D eigenvalue weighted by Crippen LogP contribution is 2.36. The van der Waals surface area contributed by atoms with Crippen molar-refractivity contribution in [2.75, 3.05) is 25.5 Å². The predicted molar refractivity (Wildman–Crippen MR) is 63.2 cm³/mol. The van der Waals surface area contributed by atoms with Crippen LogP contribution in [-0.2, 0) is 0 Å². The highest BCUT2D eigenvalue weighted by molar-refractivity contribution is 6.18. The Morgan fingerprint density at radius 2 is 2.07 bits per heavy atom. The van der Waals surface area contributed by atoms with Gasteiger partial charge < -0.3 is 10.0 Å². The standard InChI is InChI=1S/C12H22ClNO/c1-9(5-13)6-14-7-10-2-3-12(15)4-11(10)8-14/h9-12,15H,2-8H2,1H3. The van der Waals surface area contributed by atoms with Crippen LogP contribution in [0.15, 0.2) is 0 Å². The van der Waals surface area contributed by atoms with E-state index in [0.29, 0.717) is 5.92 Å². The molecule has 0 bridgehead atoms. The molecule has 1 N–H and O–H groups in total. The lowest BCUT2D eigenvalue weighted by Gasteiger charge is -2.27. The molecule has 3 heteroatoms. The Bertz CT molecular complexity index is 212. The molecule has 0 amide bonds. The molecule has 4 unspecified atom stereocenters. The van der Waals surface area contributed by atoms with Gasteiger partial charge in [-0.1, -0.05) is 6.92 Å². The minimum Gasteiger partial charge on any atom is -0.393 e. The summed E-state index contributed by atoms with van der Waals surface area (Å²) in [4.78, 5) is 2.54. The van der Waals surface area contributed by atoms with Crippen LogP contribution in [0.4, 0.5) is 0 Å². The lowest BCUT2D eigenvalue weighted by molar-refractivity contribution is 0.0865. The van der Waals surface area contributed by atoms with E-state index < -0.39 is 0 Å². The van der Waals surface area contributed by atoms with E-state index >= 15 is 0 Å². The second kappa shape index (κ2) is 5.03. The van der Waals surface area contributed by atoms with Crippen LogP contribution in [0.2, 0.25) is 0 Å². The molecule has 2 nitrogen and oxygen atoms in total. The molecule has 2 fully saturated rings. The van der Waals surface area contributed by atoms with Crippen LogP contribution >= 0.6 is 11.6 Å². The Morgan fingerprint density at radius 1 is 1.33 bits per heavy atom. The van der Waals surface area contributed by atoms with Crippen molar-refractivity contribution in [1.82, 2.24) is 4.90 Å². The van der Waals surface area contributed by atoms with Gasteiger partial charge in [-0.3, -0.25) is 0 Å². The number of hydrogen-bond donors (Lipinski definition) is 1. The van der Waals surface area contributed by atoms with Crippen LogP contribution in [0, 0.1) is 17.8 Å². The molecule has 1 saturated carbocycles. The maximum Gasteiger partial charge on any atom is 0.0543 e. The fraction of sp³-hybridized carbons (Fsp3) is 1.00. The Balaban J connectivity index is 1.82. The van der Waals surface area contributed by atoms with Crippen LogP contribution in [0.25, 0.3) is 0 Å². The molecule has 88 valence electrons. The number of hydrogen-bond acceptors (Lipinski definition) is 2. The van der Waals surface area contributed by atoms with Crippen LogP contribution in [0.1, 0.15) is 26.2 Å². The van der Waals surface area contributed by atoms with Gasteiger partial charge in [0.2, 0.25) is 0 Å². The van der Waals surface area contributed by atoms with E-state index in [-0.39, 0.29) is 6.10 Å². The summed E-state index contributed by atoms with van der Waals surface area (Å²) in [5.74, 6) is 2.94. The van der Waals surface area contributed by atoms with Crippen molar-refractivity contribution in [3.05, 3.63) is 0 Å². The van der Waals surface area contributed by atoms with Gasteiger partial charge in [-0.05, 0) is 37.0 Å². The molecule has 15 heavy (non-hydrogen) atoms. The SMILES string of the molecule is CC(CCl)CN1CC2CCC(O)CC2C1. The largest absolute Gasteiger partial charge is 0.393 e. The molecule has 2 aliphatic rings. The van der Waals surface area contributed by atoms with Crippen molar-refractivity contribution >= 4 is 11.6 Å². The average Bonchev–Trinajstić information content (AvgIpc) is 2.59. The van der Waals surface area contributed by atoms with Gasteiger partial charge in [0.15, 0.2) is 0 Å². The molecule has 4 atom stereocenters. The molecule has 0 spiro atoms. The second-order valence-electron chi connectivity index (χ2n) is 5.47. The van der Waals surface area contributed by atoms with Gasteiger partial charge >= 0.3 is 0 Å². The van der Waals surface area contributed by atoms with Gasteiger partial charge in [-0.2, -0.15) is 0 Å². The van der Waals surface area contributed by atoms with E-state index in [1.54, 1.807) is 0 Å². The van der Waals surface area contributed by atoms with Gasteiger partial charge in [0.1, 0.15) is 0 Å². The molecular weight excluding hydrogens is 210 g/mol. The summed E-state index contributed by atoms with van der Waals surface area (Å²) in [6.45, 7) is 5.76. The number of rotatable bonds is 3. The number of aliphatic hydroxyl groups excluding tert-OH is 1. The number of nitrogens with zero attached hydrogens (tertiary/aromatic N) is 1. The topological polar surface area (TPSA) is 23.5 Å². The van der Waals surface area contributed by atoms with Crippen LogP contribution in [0.5, 0.6) is 0 Å². The zero-order valence-electron chi connectivity index (χ0n) is 9.53. The summed E-state index contributed by atoms with van der Waals surface area (Å²) in [7, 11) is 0. The molecule has 1 saturated heterocycles. The summed E-state index contributed by atoms with van der Waals surface area (Å²) >= 11 is 5.84. The minimum absolute atomic E-state index is 0.0309. The highest BCUT2D eigenvalue weighted by atomic mass is 35.5. The van der Waals surface area contributed by atoms with Gasteiger partial charge in [0.05, 0.1) is 6.10 Å². The normalized spacial score (nSPS) is 39.0. The number of aliphatic hydroxyl groups is 1. The van der Waals surface area contributed by atoms with Gasteiger partial charge in [-0.25, -0.2) is 0 Å². The lowest BCUT2D eigenvalue weighted by Crippen LogP contribution is -2.27. The Labute approximate surface area is 97.6 Å². The quantitative estimate of drug-likeness (QED) is 0.751. The molecule has 0 radical (unpaired) electrons. The van der Waals surface area contributed by atoms with Crippen LogP contribution < -0.4 is 0 Å². The second-order valence-corrected chi connectivity index (χ2v) is 5.77. The van der Waals surface area contributed by atoms with E-state index in [0.717, 1.165) is 37.1 Å². The fourth-order valence-corrected chi connectivity index (χ4v) is 3.24. The first-order valence-electron chi connectivity index (χ1n) is 6.15. The average molecular weight is 232 g/mol. The lowest BCUT2D eigenvalue weighted by atomic mass is 9.80. The van der Waals surface area contributed by atoms with E-state index in [2.05, 4.69) is 11.8 Å². The predicted octanol–water partition coefficient (Wildman–Crippen LogP) is 1.95. The van der Waals surface area contributed by atoms with Crippen molar-refractivity contribution in [1.29, 1.82) is 0 Å². The van der Waals surface area contributed by atoms with Crippen molar-refractivity contribution in [2.24, 2.45) is 17.8 Å². The van der Waals surface area contributed by atoms with Gasteiger partial charge in [0, 0.05) is 25.5 Å². The maximum atomic E-state index is 9.63. The van der Waals surface area contributed by atoms with Crippen molar-refractivity contribution < 1.29 is 5.11 Å². The summed E-state index contributed by atoms with van der Waals surface area (Å²) in [5.41, 5.74) is 0.